The Balaban J connectivity index is 1.52. The predicted octanol–water partition coefficient (Wildman–Crippen LogP) is 2.28. The van der Waals surface area contributed by atoms with Crippen LogP contribution in [0.25, 0.3) is 5.65 Å². The Bertz CT molecular complexity index is 903. The van der Waals surface area contributed by atoms with Gasteiger partial charge >= 0.3 is 0 Å². The maximum atomic E-state index is 12.8. The molecule has 8 heteroatoms. The molecule has 1 aliphatic heterocycles. The summed E-state index contributed by atoms with van der Waals surface area (Å²) in [5, 5.41) is 12.1. The molecular weight excluding hydrogens is 402 g/mol. The zero-order valence-electron chi connectivity index (χ0n) is 20.1. The van der Waals surface area contributed by atoms with Crippen molar-refractivity contribution in [2.24, 2.45) is 5.92 Å². The standard InChI is InChI=1S/C24H39N7O/c1-5-28(6-2)12-11-25-24(32)20-9-10-22-26-27-23(31(22)16-20)21-17-29(15-19-7-8-19)13-14-30(21)18(3)4/h9-10,16,18-19,21H,5-8,11-15,17H2,1-4H3,(H,25,32)/t21-/m0/s1. The Kier molecular flexibility index (Phi) is 7.43. The third-order valence-electron chi connectivity index (χ3n) is 6.98. The van der Waals surface area contributed by atoms with Crippen LogP contribution in [0.4, 0.5) is 0 Å². The van der Waals surface area contributed by atoms with Crippen LogP contribution in [0.2, 0.25) is 0 Å². The molecule has 0 unspecified atom stereocenters. The lowest BCUT2D eigenvalue weighted by atomic mass is 10.1. The van der Waals surface area contributed by atoms with Gasteiger partial charge in [0.2, 0.25) is 0 Å². The van der Waals surface area contributed by atoms with Crippen LogP contribution in [-0.2, 0) is 0 Å². The summed E-state index contributed by atoms with van der Waals surface area (Å²) in [6.07, 6.45) is 4.65. The van der Waals surface area contributed by atoms with Crippen molar-refractivity contribution in [1.82, 2.24) is 34.6 Å². The molecule has 1 saturated heterocycles. The number of fused-ring (bicyclic) bond motifs is 1. The van der Waals surface area contributed by atoms with Gasteiger partial charge in [-0.15, -0.1) is 10.2 Å². The van der Waals surface area contributed by atoms with Gasteiger partial charge in [0.15, 0.2) is 11.5 Å². The van der Waals surface area contributed by atoms with Gasteiger partial charge in [0.1, 0.15) is 0 Å². The van der Waals surface area contributed by atoms with Crippen LogP contribution in [0, 0.1) is 5.92 Å². The summed E-state index contributed by atoms with van der Waals surface area (Å²) < 4.78 is 2.03. The van der Waals surface area contributed by atoms with Gasteiger partial charge < -0.3 is 10.2 Å². The van der Waals surface area contributed by atoms with Gasteiger partial charge in [-0.25, -0.2) is 0 Å². The molecule has 0 radical (unpaired) electrons. The molecule has 0 spiro atoms. The van der Waals surface area contributed by atoms with Crippen molar-refractivity contribution >= 4 is 11.6 Å². The average molecular weight is 442 g/mol. The fraction of sp³-hybridized carbons (Fsp3) is 0.708. The van der Waals surface area contributed by atoms with E-state index in [0.717, 1.165) is 56.7 Å². The van der Waals surface area contributed by atoms with Gasteiger partial charge in [0.05, 0.1) is 11.6 Å². The highest BCUT2D eigenvalue weighted by molar-refractivity contribution is 5.94. The number of likely N-dealkylation sites (N-methyl/N-ethyl adjacent to an activating group) is 1. The molecule has 2 aromatic heterocycles. The molecule has 2 aromatic rings. The number of pyridine rings is 1. The van der Waals surface area contributed by atoms with Gasteiger partial charge in [0.25, 0.3) is 5.91 Å². The topological polar surface area (TPSA) is 69.0 Å². The zero-order chi connectivity index (χ0) is 22.7. The van der Waals surface area contributed by atoms with E-state index in [-0.39, 0.29) is 11.9 Å². The first kappa shape index (κ1) is 23.1. The maximum absolute atomic E-state index is 12.8. The van der Waals surface area contributed by atoms with E-state index >= 15 is 0 Å². The number of nitrogens with zero attached hydrogens (tertiary/aromatic N) is 6. The lowest BCUT2D eigenvalue weighted by Gasteiger charge is -2.42. The quantitative estimate of drug-likeness (QED) is 0.610. The van der Waals surface area contributed by atoms with Crippen molar-refractivity contribution in [2.45, 2.75) is 52.6 Å². The largest absolute Gasteiger partial charge is 0.351 e. The van der Waals surface area contributed by atoms with E-state index in [0.29, 0.717) is 18.2 Å². The maximum Gasteiger partial charge on any atom is 0.252 e. The second-order valence-corrected chi connectivity index (χ2v) is 9.54. The third-order valence-corrected chi connectivity index (χ3v) is 6.98. The lowest BCUT2D eigenvalue weighted by molar-refractivity contribution is 0.0437. The Hall–Kier alpha value is -2.03. The number of rotatable bonds is 10. The molecule has 4 rings (SSSR count). The van der Waals surface area contributed by atoms with Gasteiger partial charge in [-0.2, -0.15) is 0 Å². The molecule has 32 heavy (non-hydrogen) atoms. The summed E-state index contributed by atoms with van der Waals surface area (Å²) in [5.74, 6) is 1.77. The van der Waals surface area contributed by atoms with Crippen LogP contribution in [0.15, 0.2) is 18.3 Å². The summed E-state index contributed by atoms with van der Waals surface area (Å²) in [4.78, 5) is 20.2. The Morgan fingerprint density at radius 2 is 1.97 bits per heavy atom. The number of hydrogen-bond donors (Lipinski definition) is 1. The SMILES string of the molecule is CCN(CC)CCNC(=O)c1ccc2nnc([C@@H]3CN(CC4CC4)CCN3C(C)C)n2c1. The number of aromatic nitrogens is 3. The number of carbonyl (C=O) groups excluding carboxylic acids is 1. The summed E-state index contributed by atoms with van der Waals surface area (Å²) in [6, 6.07) is 4.36. The third kappa shape index (κ3) is 5.30. The van der Waals surface area contributed by atoms with E-state index in [9.17, 15) is 4.79 Å². The molecule has 176 valence electrons. The summed E-state index contributed by atoms with van der Waals surface area (Å²) >= 11 is 0. The van der Waals surface area contributed by atoms with Gasteiger partial charge in [-0.05, 0) is 57.8 Å². The van der Waals surface area contributed by atoms with Crippen molar-refractivity contribution in [3.05, 3.63) is 29.7 Å². The van der Waals surface area contributed by atoms with Crippen LogP contribution >= 0.6 is 0 Å². The molecule has 1 aliphatic carbocycles. The number of amides is 1. The van der Waals surface area contributed by atoms with Gasteiger partial charge in [0, 0.05) is 51.5 Å². The summed E-state index contributed by atoms with van der Waals surface area (Å²) in [7, 11) is 0. The van der Waals surface area contributed by atoms with Crippen molar-refractivity contribution < 1.29 is 4.79 Å². The number of piperazine rings is 1. The Morgan fingerprint density at radius 3 is 2.66 bits per heavy atom. The fourth-order valence-electron chi connectivity index (χ4n) is 4.77. The number of nitrogens with one attached hydrogen (secondary N) is 1. The normalized spacial score (nSPS) is 20.5. The predicted molar refractivity (Wildman–Crippen MR) is 127 cm³/mol. The van der Waals surface area contributed by atoms with E-state index in [1.165, 1.54) is 19.4 Å². The first-order chi connectivity index (χ1) is 15.5. The molecule has 1 N–H and O–H groups in total. The van der Waals surface area contributed by atoms with E-state index in [1.54, 1.807) is 0 Å². The number of hydrogen-bond acceptors (Lipinski definition) is 6. The minimum atomic E-state index is -0.0431. The highest BCUT2D eigenvalue weighted by Crippen LogP contribution is 2.33. The lowest BCUT2D eigenvalue weighted by Crippen LogP contribution is -2.51. The zero-order valence-corrected chi connectivity index (χ0v) is 20.1. The van der Waals surface area contributed by atoms with Gasteiger partial charge in [-0.3, -0.25) is 19.0 Å². The highest BCUT2D eigenvalue weighted by Gasteiger charge is 2.35. The van der Waals surface area contributed by atoms with E-state index in [1.807, 2.05) is 22.7 Å². The molecule has 0 aromatic carbocycles. The monoisotopic (exact) mass is 441 g/mol. The van der Waals surface area contributed by atoms with Crippen molar-refractivity contribution in [2.75, 3.05) is 52.4 Å². The number of carbonyl (C=O) groups is 1. The van der Waals surface area contributed by atoms with Crippen LogP contribution in [0.3, 0.4) is 0 Å². The molecule has 3 heterocycles. The molecule has 1 atom stereocenters. The Labute approximate surface area is 192 Å². The molecule has 1 amide bonds. The molecule has 8 nitrogen and oxygen atoms in total. The highest BCUT2D eigenvalue weighted by atomic mass is 16.1. The molecule has 2 aliphatic rings. The van der Waals surface area contributed by atoms with Crippen molar-refractivity contribution in [3.63, 3.8) is 0 Å². The van der Waals surface area contributed by atoms with E-state index in [2.05, 4.69) is 57.9 Å². The Morgan fingerprint density at radius 1 is 1.19 bits per heavy atom. The van der Waals surface area contributed by atoms with Crippen molar-refractivity contribution in [3.8, 4) is 0 Å². The second kappa shape index (κ2) is 10.3. The summed E-state index contributed by atoms with van der Waals surface area (Å²) in [6.45, 7) is 16.6. The van der Waals surface area contributed by atoms with Gasteiger partial charge in [-0.1, -0.05) is 13.8 Å². The smallest absolute Gasteiger partial charge is 0.252 e. The van der Waals surface area contributed by atoms with Crippen LogP contribution in [0.1, 0.15) is 62.8 Å². The average Bonchev–Trinajstić information content (AvgIpc) is 3.51. The van der Waals surface area contributed by atoms with E-state index in [4.69, 9.17) is 0 Å². The molecule has 2 fully saturated rings. The first-order valence-electron chi connectivity index (χ1n) is 12.3. The fourth-order valence-corrected chi connectivity index (χ4v) is 4.77. The second-order valence-electron chi connectivity index (χ2n) is 9.54. The van der Waals surface area contributed by atoms with Crippen LogP contribution < -0.4 is 5.32 Å². The molecular formula is C24H39N7O. The van der Waals surface area contributed by atoms with E-state index < -0.39 is 0 Å². The van der Waals surface area contributed by atoms with Crippen molar-refractivity contribution in [1.29, 1.82) is 0 Å². The van der Waals surface area contributed by atoms with Crippen LogP contribution in [-0.4, -0.2) is 93.6 Å². The first-order valence-corrected chi connectivity index (χ1v) is 12.3. The minimum absolute atomic E-state index is 0.0431. The minimum Gasteiger partial charge on any atom is -0.351 e. The molecule has 0 bridgehead atoms. The molecule has 1 saturated carbocycles. The van der Waals surface area contributed by atoms with Crippen LogP contribution in [0.5, 0.6) is 0 Å². The summed E-state index contributed by atoms with van der Waals surface area (Å²) in [5.41, 5.74) is 1.45.